The molecule has 2 rings (SSSR count). The van der Waals surface area contributed by atoms with E-state index in [4.69, 9.17) is 0 Å². The molecule has 0 spiro atoms. The van der Waals surface area contributed by atoms with Crippen molar-refractivity contribution in [1.29, 1.82) is 0 Å². The van der Waals surface area contributed by atoms with Gasteiger partial charge in [-0.3, -0.25) is 14.9 Å². The Labute approximate surface area is 99.2 Å². The van der Waals surface area contributed by atoms with Crippen LogP contribution in [0, 0.1) is 16.0 Å². The van der Waals surface area contributed by atoms with Crippen LogP contribution in [0.1, 0.15) is 18.9 Å². The number of carbonyl (C=O) groups excluding carboxylic acids is 1. The number of hydrogen-bond acceptors (Lipinski definition) is 3. The van der Waals surface area contributed by atoms with Crippen LogP contribution in [0.2, 0.25) is 0 Å². The third-order valence-electron chi connectivity index (χ3n) is 3.24. The Morgan fingerprint density at radius 2 is 2.18 bits per heavy atom. The van der Waals surface area contributed by atoms with E-state index in [2.05, 4.69) is 0 Å². The number of benzene rings is 1. The number of nitrogens with zero attached hydrogens (tertiary/aromatic N) is 2. The summed E-state index contributed by atoms with van der Waals surface area (Å²) in [7, 11) is 1.67. The van der Waals surface area contributed by atoms with E-state index in [1.165, 1.54) is 17.0 Å². The maximum absolute atomic E-state index is 11.9. The summed E-state index contributed by atoms with van der Waals surface area (Å²) < 4.78 is 0. The number of anilines is 1. The summed E-state index contributed by atoms with van der Waals surface area (Å²) >= 11 is 0. The fourth-order valence-corrected chi connectivity index (χ4v) is 2.13. The number of nitro groups is 1. The third kappa shape index (κ3) is 2.00. The second kappa shape index (κ2) is 4.16. The molecule has 1 aliphatic heterocycles. The minimum absolute atomic E-state index is 0.0178. The van der Waals surface area contributed by atoms with Gasteiger partial charge in [-0.05, 0) is 18.4 Å². The number of carbonyl (C=O) groups is 1. The van der Waals surface area contributed by atoms with Gasteiger partial charge in [0, 0.05) is 25.1 Å². The molecule has 0 saturated carbocycles. The van der Waals surface area contributed by atoms with Gasteiger partial charge < -0.3 is 4.90 Å². The molecule has 1 aliphatic rings. The Morgan fingerprint density at radius 3 is 2.82 bits per heavy atom. The molecule has 1 unspecified atom stereocenters. The van der Waals surface area contributed by atoms with E-state index < -0.39 is 4.92 Å². The molecular weight excluding hydrogens is 220 g/mol. The molecule has 0 saturated heterocycles. The van der Waals surface area contributed by atoms with Crippen LogP contribution in [0.15, 0.2) is 18.2 Å². The smallest absolute Gasteiger partial charge is 0.271 e. The molecule has 0 aliphatic carbocycles. The highest BCUT2D eigenvalue weighted by Gasteiger charge is 2.26. The Balaban J connectivity index is 2.49. The highest BCUT2D eigenvalue weighted by molar-refractivity contribution is 5.96. The van der Waals surface area contributed by atoms with Gasteiger partial charge in [-0.15, -0.1) is 0 Å². The van der Waals surface area contributed by atoms with Crippen LogP contribution < -0.4 is 4.90 Å². The van der Waals surface area contributed by atoms with E-state index in [1.807, 2.05) is 6.92 Å². The van der Waals surface area contributed by atoms with Crippen LogP contribution in [0.5, 0.6) is 0 Å². The molecule has 0 bridgehead atoms. The zero-order valence-corrected chi connectivity index (χ0v) is 9.84. The Bertz CT molecular complexity index is 485. The van der Waals surface area contributed by atoms with E-state index in [0.717, 1.165) is 18.4 Å². The van der Waals surface area contributed by atoms with Gasteiger partial charge in [-0.2, -0.15) is 0 Å². The van der Waals surface area contributed by atoms with Crippen LogP contribution in [0.3, 0.4) is 0 Å². The fourth-order valence-electron chi connectivity index (χ4n) is 2.13. The van der Waals surface area contributed by atoms with Crippen molar-refractivity contribution < 1.29 is 9.72 Å². The van der Waals surface area contributed by atoms with E-state index >= 15 is 0 Å². The highest BCUT2D eigenvalue weighted by atomic mass is 16.6. The average Bonchev–Trinajstić information content (AvgIpc) is 2.42. The van der Waals surface area contributed by atoms with E-state index in [9.17, 15) is 14.9 Å². The monoisotopic (exact) mass is 234 g/mol. The van der Waals surface area contributed by atoms with Crippen molar-refractivity contribution in [3.05, 3.63) is 33.9 Å². The summed E-state index contributed by atoms with van der Waals surface area (Å²) in [5.41, 5.74) is 1.68. The fraction of sp³-hybridized carbons (Fsp3) is 0.417. The lowest BCUT2D eigenvalue weighted by Gasteiger charge is -2.19. The van der Waals surface area contributed by atoms with Crippen LogP contribution in [-0.2, 0) is 11.2 Å². The number of fused-ring (bicyclic) bond motifs is 1. The second-order valence-electron chi connectivity index (χ2n) is 4.41. The summed E-state index contributed by atoms with van der Waals surface area (Å²) in [6.07, 6.45) is 1.57. The molecule has 1 atom stereocenters. The Kier molecular flexibility index (Phi) is 2.83. The molecule has 1 heterocycles. The van der Waals surface area contributed by atoms with Crippen LogP contribution >= 0.6 is 0 Å². The molecule has 1 aromatic rings. The molecule has 1 aromatic carbocycles. The van der Waals surface area contributed by atoms with Crippen molar-refractivity contribution in [2.45, 2.75) is 19.8 Å². The molecule has 0 aromatic heterocycles. The molecule has 1 amide bonds. The van der Waals surface area contributed by atoms with Crippen molar-refractivity contribution in [1.82, 2.24) is 0 Å². The number of non-ortho nitro benzene ring substituents is 1. The van der Waals surface area contributed by atoms with Crippen LogP contribution in [0.25, 0.3) is 0 Å². The van der Waals surface area contributed by atoms with E-state index in [0.29, 0.717) is 5.69 Å². The summed E-state index contributed by atoms with van der Waals surface area (Å²) in [5.74, 6) is -0.0179. The van der Waals surface area contributed by atoms with E-state index in [1.54, 1.807) is 13.1 Å². The molecule has 0 fully saturated rings. The Morgan fingerprint density at radius 1 is 1.47 bits per heavy atom. The van der Waals surface area contributed by atoms with Crippen molar-refractivity contribution in [2.24, 2.45) is 5.92 Å². The summed E-state index contributed by atoms with van der Waals surface area (Å²) in [6, 6.07) is 4.72. The van der Waals surface area contributed by atoms with Crippen molar-refractivity contribution in [3.63, 3.8) is 0 Å². The van der Waals surface area contributed by atoms with Gasteiger partial charge in [-0.1, -0.05) is 13.0 Å². The van der Waals surface area contributed by atoms with Crippen molar-refractivity contribution in [2.75, 3.05) is 11.9 Å². The molecule has 0 radical (unpaired) electrons. The number of nitro benzene ring substituents is 1. The lowest BCUT2D eigenvalue weighted by molar-refractivity contribution is -0.384. The summed E-state index contributed by atoms with van der Waals surface area (Å²) in [4.78, 5) is 23.8. The molecule has 0 N–H and O–H groups in total. The first kappa shape index (κ1) is 11.6. The topological polar surface area (TPSA) is 63.5 Å². The molecular formula is C12H14N2O3. The van der Waals surface area contributed by atoms with Gasteiger partial charge in [0.25, 0.3) is 5.69 Å². The van der Waals surface area contributed by atoms with Gasteiger partial charge in [-0.25, -0.2) is 0 Å². The minimum atomic E-state index is -0.438. The normalized spacial score (nSPS) is 19.8. The minimum Gasteiger partial charge on any atom is -0.315 e. The molecule has 90 valence electrons. The average molecular weight is 234 g/mol. The maximum Gasteiger partial charge on any atom is 0.271 e. The number of hydrogen-bond donors (Lipinski definition) is 0. The molecule has 17 heavy (non-hydrogen) atoms. The van der Waals surface area contributed by atoms with Crippen molar-refractivity contribution in [3.8, 4) is 0 Å². The Hall–Kier alpha value is -1.91. The summed E-state index contributed by atoms with van der Waals surface area (Å²) in [6.45, 7) is 1.89. The lowest BCUT2D eigenvalue weighted by atomic mass is 10.0. The van der Waals surface area contributed by atoms with Gasteiger partial charge >= 0.3 is 0 Å². The van der Waals surface area contributed by atoms with Crippen LogP contribution in [-0.4, -0.2) is 17.9 Å². The zero-order chi connectivity index (χ0) is 12.6. The quantitative estimate of drug-likeness (QED) is 0.552. The first-order valence-electron chi connectivity index (χ1n) is 5.55. The number of aryl methyl sites for hydroxylation is 1. The number of amides is 1. The van der Waals surface area contributed by atoms with Gasteiger partial charge in [0.1, 0.15) is 0 Å². The number of rotatable bonds is 1. The van der Waals surface area contributed by atoms with Crippen LogP contribution in [0.4, 0.5) is 11.4 Å². The SMILES string of the molecule is CC1CCc2ccc([N+](=O)[O-])cc2N(C)C1=O. The first-order valence-corrected chi connectivity index (χ1v) is 5.55. The highest BCUT2D eigenvalue weighted by Crippen LogP contribution is 2.31. The third-order valence-corrected chi connectivity index (χ3v) is 3.24. The van der Waals surface area contributed by atoms with E-state index in [-0.39, 0.29) is 17.5 Å². The van der Waals surface area contributed by atoms with Crippen molar-refractivity contribution >= 4 is 17.3 Å². The second-order valence-corrected chi connectivity index (χ2v) is 4.41. The molecule has 5 nitrogen and oxygen atoms in total. The maximum atomic E-state index is 11.9. The van der Waals surface area contributed by atoms with Gasteiger partial charge in [0.15, 0.2) is 0 Å². The zero-order valence-electron chi connectivity index (χ0n) is 9.84. The standard InChI is InChI=1S/C12H14N2O3/c1-8-3-4-9-5-6-10(14(16)17)7-11(9)13(2)12(8)15/h5-8H,3-4H2,1-2H3. The van der Waals surface area contributed by atoms with Gasteiger partial charge in [0.05, 0.1) is 10.6 Å². The van der Waals surface area contributed by atoms with Gasteiger partial charge in [0.2, 0.25) is 5.91 Å². The largest absolute Gasteiger partial charge is 0.315 e. The predicted octanol–water partition coefficient (Wildman–Crippen LogP) is 2.14. The molecule has 5 heteroatoms. The summed E-state index contributed by atoms with van der Waals surface area (Å²) in [5, 5.41) is 10.7. The lowest BCUT2D eigenvalue weighted by Crippen LogP contribution is -2.30. The first-order chi connectivity index (χ1) is 8.00. The predicted molar refractivity (Wildman–Crippen MR) is 64.0 cm³/mol.